The fourth-order valence-corrected chi connectivity index (χ4v) is 3.90. The number of hydrogen-bond donors (Lipinski definition) is 3. The molecular weight excluding hydrogens is 412 g/mol. The predicted octanol–water partition coefficient (Wildman–Crippen LogP) is 2.91. The van der Waals surface area contributed by atoms with E-state index in [2.05, 4.69) is 10.6 Å². The van der Waals surface area contributed by atoms with Gasteiger partial charge in [0, 0.05) is 26.1 Å². The van der Waals surface area contributed by atoms with Gasteiger partial charge in [-0.3, -0.25) is 4.79 Å². The zero-order chi connectivity index (χ0) is 23.1. The van der Waals surface area contributed by atoms with E-state index in [-0.39, 0.29) is 32.0 Å². The summed E-state index contributed by atoms with van der Waals surface area (Å²) in [5, 5.41) is 14.2. The van der Waals surface area contributed by atoms with Crippen LogP contribution < -0.4 is 10.6 Å². The molecule has 2 aromatic rings. The minimum Gasteiger partial charge on any atom is -0.480 e. The van der Waals surface area contributed by atoms with Crippen LogP contribution >= 0.6 is 0 Å². The van der Waals surface area contributed by atoms with Crippen LogP contribution in [-0.2, 0) is 19.1 Å². The molecule has 0 aliphatic heterocycles. The highest BCUT2D eigenvalue weighted by atomic mass is 16.5. The molecule has 0 saturated carbocycles. The predicted molar refractivity (Wildman–Crippen MR) is 118 cm³/mol. The van der Waals surface area contributed by atoms with Crippen molar-refractivity contribution in [2.75, 3.05) is 20.3 Å². The number of hydrogen-bond acceptors (Lipinski definition) is 5. The normalized spacial score (nSPS) is 14.1. The first-order valence-electron chi connectivity index (χ1n) is 10.6. The maximum Gasteiger partial charge on any atom is 0.407 e. The molecule has 1 aliphatic carbocycles. The third kappa shape index (κ3) is 5.26. The number of nitrogens with one attached hydrogen (secondary N) is 2. The van der Waals surface area contributed by atoms with Gasteiger partial charge in [0.25, 0.3) is 0 Å². The topological polar surface area (TPSA) is 114 Å². The lowest BCUT2D eigenvalue weighted by atomic mass is 9.98. The molecule has 0 bridgehead atoms. The van der Waals surface area contributed by atoms with Gasteiger partial charge in [0.15, 0.2) is 0 Å². The van der Waals surface area contributed by atoms with Crippen LogP contribution in [0.4, 0.5) is 4.79 Å². The van der Waals surface area contributed by atoms with Gasteiger partial charge < -0.3 is 25.2 Å². The summed E-state index contributed by atoms with van der Waals surface area (Å²) in [5.41, 5.74) is 4.41. The molecule has 1 unspecified atom stereocenters. The van der Waals surface area contributed by atoms with Crippen molar-refractivity contribution in [3.05, 3.63) is 59.7 Å². The lowest BCUT2D eigenvalue weighted by Crippen LogP contribution is -2.52. The third-order valence-corrected chi connectivity index (χ3v) is 5.59. The summed E-state index contributed by atoms with van der Waals surface area (Å²) in [6.07, 6.45) is -0.336. The number of carboxylic acids is 1. The minimum absolute atomic E-state index is 0.101. The zero-order valence-corrected chi connectivity index (χ0v) is 18.2. The van der Waals surface area contributed by atoms with Crippen LogP contribution in [0.15, 0.2) is 48.5 Å². The van der Waals surface area contributed by atoms with E-state index in [9.17, 15) is 19.5 Å². The molecule has 0 heterocycles. The van der Waals surface area contributed by atoms with Crippen LogP contribution in [0.25, 0.3) is 11.1 Å². The SMILES string of the molecule is CC[C@H](NC(=O)C(CCOC)NC(=O)OCC1c2ccccc2-c2ccccc21)C(=O)O. The molecule has 3 rings (SSSR count). The second kappa shape index (κ2) is 10.8. The Balaban J connectivity index is 1.65. The highest BCUT2D eigenvalue weighted by molar-refractivity contribution is 5.89. The number of benzene rings is 2. The van der Waals surface area contributed by atoms with Crippen LogP contribution in [-0.4, -0.2) is 55.5 Å². The van der Waals surface area contributed by atoms with Crippen LogP contribution in [0.5, 0.6) is 0 Å². The number of rotatable bonds is 10. The van der Waals surface area contributed by atoms with Crippen molar-refractivity contribution in [1.29, 1.82) is 0 Å². The smallest absolute Gasteiger partial charge is 0.407 e. The van der Waals surface area contributed by atoms with Crippen molar-refractivity contribution in [2.45, 2.75) is 37.8 Å². The van der Waals surface area contributed by atoms with Crippen molar-refractivity contribution in [3.8, 4) is 11.1 Å². The number of fused-ring (bicyclic) bond motifs is 3. The van der Waals surface area contributed by atoms with E-state index in [1.165, 1.54) is 7.11 Å². The Morgan fingerprint density at radius 3 is 2.09 bits per heavy atom. The zero-order valence-electron chi connectivity index (χ0n) is 18.2. The highest BCUT2D eigenvalue weighted by Gasteiger charge is 2.30. The third-order valence-electron chi connectivity index (χ3n) is 5.59. The fourth-order valence-electron chi connectivity index (χ4n) is 3.90. The summed E-state index contributed by atoms with van der Waals surface area (Å²) in [6, 6.07) is 14.0. The van der Waals surface area contributed by atoms with Gasteiger partial charge in [-0.2, -0.15) is 0 Å². The molecular formula is C24H28N2O6. The fraction of sp³-hybridized carbons (Fsp3) is 0.375. The van der Waals surface area contributed by atoms with E-state index >= 15 is 0 Å². The summed E-state index contributed by atoms with van der Waals surface area (Å²) in [7, 11) is 1.48. The number of ether oxygens (including phenoxy) is 2. The lowest BCUT2D eigenvalue weighted by Gasteiger charge is -2.21. The molecule has 32 heavy (non-hydrogen) atoms. The highest BCUT2D eigenvalue weighted by Crippen LogP contribution is 2.44. The summed E-state index contributed by atoms with van der Waals surface area (Å²) in [5.74, 6) is -1.83. The number of carbonyl (C=O) groups is 3. The molecule has 2 aromatic carbocycles. The number of methoxy groups -OCH3 is 1. The Morgan fingerprint density at radius 2 is 1.56 bits per heavy atom. The van der Waals surface area contributed by atoms with Gasteiger partial charge in [-0.05, 0) is 28.7 Å². The first-order valence-corrected chi connectivity index (χ1v) is 10.6. The van der Waals surface area contributed by atoms with Crippen LogP contribution in [0.1, 0.15) is 36.8 Å². The number of carbonyl (C=O) groups excluding carboxylic acids is 2. The van der Waals surface area contributed by atoms with E-state index < -0.39 is 30.1 Å². The Morgan fingerprint density at radius 1 is 0.969 bits per heavy atom. The van der Waals surface area contributed by atoms with E-state index in [4.69, 9.17) is 9.47 Å². The van der Waals surface area contributed by atoms with Crippen molar-refractivity contribution in [3.63, 3.8) is 0 Å². The van der Waals surface area contributed by atoms with E-state index in [1.807, 2.05) is 48.5 Å². The number of aliphatic carboxylic acids is 1. The van der Waals surface area contributed by atoms with Gasteiger partial charge in [-0.25, -0.2) is 9.59 Å². The molecule has 0 fully saturated rings. The molecule has 2 amide bonds. The van der Waals surface area contributed by atoms with E-state index in [0.717, 1.165) is 22.3 Å². The molecule has 0 aromatic heterocycles. The second-order valence-electron chi connectivity index (χ2n) is 7.61. The van der Waals surface area contributed by atoms with E-state index in [0.29, 0.717) is 0 Å². The van der Waals surface area contributed by atoms with Crippen molar-refractivity contribution in [1.82, 2.24) is 10.6 Å². The molecule has 1 aliphatic rings. The largest absolute Gasteiger partial charge is 0.480 e. The number of carboxylic acid groups (broad SMARTS) is 1. The second-order valence-corrected chi connectivity index (χ2v) is 7.61. The van der Waals surface area contributed by atoms with Crippen LogP contribution in [0, 0.1) is 0 Å². The number of amides is 2. The minimum atomic E-state index is -1.13. The van der Waals surface area contributed by atoms with Gasteiger partial charge in [-0.15, -0.1) is 0 Å². The first-order chi connectivity index (χ1) is 15.5. The summed E-state index contributed by atoms with van der Waals surface area (Å²) < 4.78 is 10.5. The first kappa shape index (κ1) is 23.3. The van der Waals surface area contributed by atoms with Gasteiger partial charge in [0.05, 0.1) is 0 Å². The molecule has 0 saturated heterocycles. The molecule has 8 nitrogen and oxygen atoms in total. The van der Waals surface area contributed by atoms with Crippen LogP contribution in [0.2, 0.25) is 0 Å². The quantitative estimate of drug-likeness (QED) is 0.524. The molecule has 3 N–H and O–H groups in total. The maximum atomic E-state index is 12.5. The Hall–Kier alpha value is -3.39. The summed E-state index contributed by atoms with van der Waals surface area (Å²) in [6.45, 7) is 1.99. The summed E-state index contributed by atoms with van der Waals surface area (Å²) in [4.78, 5) is 36.3. The average Bonchev–Trinajstić information content (AvgIpc) is 3.12. The average molecular weight is 440 g/mol. The Labute approximate surface area is 186 Å². The van der Waals surface area contributed by atoms with Gasteiger partial charge >= 0.3 is 12.1 Å². The summed E-state index contributed by atoms with van der Waals surface area (Å²) >= 11 is 0. The van der Waals surface area contributed by atoms with E-state index in [1.54, 1.807) is 6.92 Å². The molecule has 170 valence electrons. The monoisotopic (exact) mass is 440 g/mol. The standard InChI is InChI=1S/C24H28N2O6/c1-3-20(23(28)29)25-22(27)21(12-13-31-2)26-24(30)32-14-19-17-10-6-4-8-15(17)16-9-5-7-11-18(16)19/h4-11,19-21H,3,12-14H2,1-2H3,(H,25,27)(H,26,30)(H,28,29)/t20-,21?/m0/s1. The van der Waals surface area contributed by atoms with Crippen molar-refractivity contribution < 1.29 is 29.0 Å². The maximum absolute atomic E-state index is 12.5. The molecule has 0 spiro atoms. The Bertz CT molecular complexity index is 931. The van der Waals surface area contributed by atoms with Gasteiger partial charge in [0.1, 0.15) is 18.7 Å². The van der Waals surface area contributed by atoms with Crippen molar-refractivity contribution >= 4 is 18.0 Å². The Kier molecular flexibility index (Phi) is 7.83. The van der Waals surface area contributed by atoms with Gasteiger partial charge in [-0.1, -0.05) is 55.5 Å². The van der Waals surface area contributed by atoms with Gasteiger partial charge in [0.2, 0.25) is 5.91 Å². The molecule has 0 radical (unpaired) electrons. The molecule has 2 atom stereocenters. The lowest BCUT2D eigenvalue weighted by molar-refractivity contribution is -0.142. The van der Waals surface area contributed by atoms with Crippen molar-refractivity contribution in [2.24, 2.45) is 0 Å². The van der Waals surface area contributed by atoms with Crippen LogP contribution in [0.3, 0.4) is 0 Å². The number of alkyl carbamates (subject to hydrolysis) is 1. The molecule has 8 heteroatoms.